The zero-order valence-electron chi connectivity index (χ0n) is 6.80. The van der Waals surface area contributed by atoms with Crippen LogP contribution in [0.3, 0.4) is 0 Å². The van der Waals surface area contributed by atoms with E-state index in [1.54, 1.807) is 0 Å². The molecule has 1 aromatic carbocycles. The molecule has 0 atom stereocenters. The number of halogens is 1. The van der Waals surface area contributed by atoms with E-state index in [1.807, 2.05) is 18.2 Å². The van der Waals surface area contributed by atoms with Crippen LogP contribution in [0.4, 0.5) is 0 Å². The molecule has 0 N–H and O–H groups in total. The number of hydrogen-bond donors (Lipinski definition) is 0. The van der Waals surface area contributed by atoms with Gasteiger partial charge in [0.1, 0.15) is 12.4 Å². The first-order valence-corrected chi connectivity index (χ1v) is 4.66. The monoisotopic (exact) mass is 224 g/mol. The maximum Gasteiger partial charge on any atom is 0.127 e. The van der Waals surface area contributed by atoms with E-state index in [1.165, 1.54) is 11.1 Å². The summed E-state index contributed by atoms with van der Waals surface area (Å²) in [6.07, 6.45) is 0. The van der Waals surface area contributed by atoms with Crippen molar-refractivity contribution in [2.75, 3.05) is 6.61 Å². The van der Waals surface area contributed by atoms with Crippen LogP contribution in [0.5, 0.6) is 5.75 Å². The van der Waals surface area contributed by atoms with Crippen molar-refractivity contribution in [1.29, 1.82) is 0 Å². The van der Waals surface area contributed by atoms with E-state index >= 15 is 0 Å². The number of allylic oxidation sites excluding steroid dienone is 1. The van der Waals surface area contributed by atoms with Gasteiger partial charge in [-0.3, -0.25) is 0 Å². The number of hydrogen-bond acceptors (Lipinski definition) is 1. The third-order valence-electron chi connectivity index (χ3n) is 2.05. The maximum atomic E-state index is 5.50. The van der Waals surface area contributed by atoms with Crippen molar-refractivity contribution in [3.63, 3.8) is 0 Å². The number of fused-ring (bicyclic) bond motifs is 1. The summed E-state index contributed by atoms with van der Waals surface area (Å²) in [6.45, 7) is 2.76. The second-order valence-electron chi connectivity index (χ2n) is 2.81. The molecule has 12 heavy (non-hydrogen) atoms. The number of ether oxygens (including phenoxy) is 1. The molecule has 62 valence electrons. The van der Waals surface area contributed by atoms with Gasteiger partial charge in [0.25, 0.3) is 0 Å². The van der Waals surface area contributed by atoms with Gasteiger partial charge in [-0.15, -0.1) is 0 Å². The highest BCUT2D eigenvalue weighted by Gasteiger charge is 2.13. The molecular weight excluding hydrogens is 216 g/mol. The highest BCUT2D eigenvalue weighted by molar-refractivity contribution is 9.11. The fourth-order valence-corrected chi connectivity index (χ4v) is 1.63. The van der Waals surface area contributed by atoms with Crippen molar-refractivity contribution in [1.82, 2.24) is 0 Å². The Morgan fingerprint density at radius 2 is 2.08 bits per heavy atom. The number of benzene rings is 1. The topological polar surface area (TPSA) is 9.23 Å². The van der Waals surface area contributed by atoms with Gasteiger partial charge in [-0.1, -0.05) is 34.1 Å². The molecule has 0 bridgehead atoms. The van der Waals surface area contributed by atoms with Gasteiger partial charge >= 0.3 is 0 Å². The molecule has 0 aromatic heterocycles. The van der Waals surface area contributed by atoms with Crippen LogP contribution in [0.25, 0.3) is 5.57 Å². The standard InChI is InChI=1S/C10H9BrO/c1-7-8-4-2-3-5-10(8)12-6-9(7)11/h2-5H,6H2,1H3. The lowest BCUT2D eigenvalue weighted by Gasteiger charge is -2.18. The summed E-state index contributed by atoms with van der Waals surface area (Å²) < 4.78 is 6.64. The van der Waals surface area contributed by atoms with E-state index in [4.69, 9.17) is 4.74 Å². The molecule has 2 rings (SSSR count). The van der Waals surface area contributed by atoms with Gasteiger partial charge in [0.2, 0.25) is 0 Å². The van der Waals surface area contributed by atoms with Crippen molar-refractivity contribution >= 4 is 21.5 Å². The SMILES string of the molecule is CC1=C(Br)COc2ccccc21. The lowest BCUT2D eigenvalue weighted by atomic mass is 10.0. The summed E-state index contributed by atoms with van der Waals surface area (Å²) in [7, 11) is 0. The molecule has 1 aromatic rings. The fraction of sp³-hybridized carbons (Fsp3) is 0.200. The van der Waals surface area contributed by atoms with E-state index < -0.39 is 0 Å². The molecule has 0 saturated heterocycles. The summed E-state index contributed by atoms with van der Waals surface area (Å²) in [5.74, 6) is 0.984. The minimum absolute atomic E-state index is 0.656. The first-order valence-electron chi connectivity index (χ1n) is 3.86. The predicted molar refractivity (Wildman–Crippen MR) is 53.5 cm³/mol. The predicted octanol–water partition coefficient (Wildman–Crippen LogP) is 3.20. The molecule has 0 fully saturated rings. The van der Waals surface area contributed by atoms with Crippen molar-refractivity contribution in [2.24, 2.45) is 0 Å². The normalized spacial score (nSPS) is 15.5. The Bertz CT molecular complexity index is 341. The lowest BCUT2D eigenvalue weighted by Crippen LogP contribution is -2.06. The van der Waals surface area contributed by atoms with Crippen LogP contribution in [0.2, 0.25) is 0 Å². The number of rotatable bonds is 0. The Balaban J connectivity index is 2.59. The van der Waals surface area contributed by atoms with Gasteiger partial charge in [-0.2, -0.15) is 0 Å². The second kappa shape index (κ2) is 2.94. The van der Waals surface area contributed by atoms with Gasteiger partial charge in [-0.05, 0) is 18.6 Å². The van der Waals surface area contributed by atoms with Crippen LogP contribution in [0.15, 0.2) is 28.7 Å². The van der Waals surface area contributed by atoms with Gasteiger partial charge < -0.3 is 4.74 Å². The molecule has 1 heterocycles. The molecule has 1 aliphatic heterocycles. The minimum atomic E-state index is 0.656. The molecule has 1 nitrogen and oxygen atoms in total. The van der Waals surface area contributed by atoms with Gasteiger partial charge in [-0.25, -0.2) is 0 Å². The van der Waals surface area contributed by atoms with Crippen LogP contribution in [0.1, 0.15) is 12.5 Å². The third kappa shape index (κ3) is 1.16. The molecule has 1 aliphatic rings. The van der Waals surface area contributed by atoms with Crippen LogP contribution in [-0.2, 0) is 0 Å². The highest BCUT2D eigenvalue weighted by atomic mass is 79.9. The van der Waals surface area contributed by atoms with Crippen LogP contribution in [0, 0.1) is 0 Å². The third-order valence-corrected chi connectivity index (χ3v) is 2.88. The van der Waals surface area contributed by atoms with E-state index in [-0.39, 0.29) is 0 Å². The molecule has 0 aliphatic carbocycles. The van der Waals surface area contributed by atoms with Crippen molar-refractivity contribution in [3.05, 3.63) is 34.3 Å². The van der Waals surface area contributed by atoms with Gasteiger partial charge in [0, 0.05) is 10.0 Å². The maximum absolute atomic E-state index is 5.50. The van der Waals surface area contributed by atoms with Gasteiger partial charge in [0.05, 0.1) is 0 Å². The molecular formula is C10H9BrO. The van der Waals surface area contributed by atoms with Gasteiger partial charge in [0.15, 0.2) is 0 Å². The average molecular weight is 225 g/mol. The lowest BCUT2D eigenvalue weighted by molar-refractivity contribution is 0.355. The zero-order valence-corrected chi connectivity index (χ0v) is 8.39. The highest BCUT2D eigenvalue weighted by Crippen LogP contribution is 2.34. The van der Waals surface area contributed by atoms with E-state index in [9.17, 15) is 0 Å². The quantitative estimate of drug-likeness (QED) is 0.658. The zero-order chi connectivity index (χ0) is 8.55. The molecule has 0 radical (unpaired) electrons. The molecule has 2 heteroatoms. The van der Waals surface area contributed by atoms with E-state index in [0.717, 1.165) is 10.2 Å². The summed E-state index contributed by atoms with van der Waals surface area (Å²) in [6, 6.07) is 8.09. The molecule has 0 amide bonds. The van der Waals surface area contributed by atoms with E-state index in [0.29, 0.717) is 6.61 Å². The second-order valence-corrected chi connectivity index (χ2v) is 3.77. The summed E-state index contributed by atoms with van der Waals surface area (Å²) >= 11 is 3.48. The fourth-order valence-electron chi connectivity index (χ4n) is 1.30. The Morgan fingerprint density at radius 3 is 2.92 bits per heavy atom. The first-order chi connectivity index (χ1) is 5.79. The number of para-hydroxylation sites is 1. The summed E-state index contributed by atoms with van der Waals surface area (Å²) in [5, 5.41) is 0. The Kier molecular flexibility index (Phi) is 1.93. The van der Waals surface area contributed by atoms with Crippen molar-refractivity contribution in [3.8, 4) is 5.75 Å². The minimum Gasteiger partial charge on any atom is -0.488 e. The molecule has 0 unspecified atom stereocenters. The first kappa shape index (κ1) is 7.87. The Morgan fingerprint density at radius 1 is 1.33 bits per heavy atom. The molecule has 0 spiro atoms. The van der Waals surface area contributed by atoms with E-state index in [2.05, 4.69) is 28.9 Å². The summed E-state index contributed by atoms with van der Waals surface area (Å²) in [5.41, 5.74) is 2.47. The Hall–Kier alpha value is -0.760. The van der Waals surface area contributed by atoms with Crippen molar-refractivity contribution in [2.45, 2.75) is 6.92 Å². The summed E-state index contributed by atoms with van der Waals surface area (Å²) in [4.78, 5) is 0. The van der Waals surface area contributed by atoms with Crippen LogP contribution in [-0.4, -0.2) is 6.61 Å². The largest absolute Gasteiger partial charge is 0.488 e. The van der Waals surface area contributed by atoms with Crippen LogP contribution >= 0.6 is 15.9 Å². The molecule has 0 saturated carbocycles. The van der Waals surface area contributed by atoms with Crippen molar-refractivity contribution < 1.29 is 4.74 Å². The smallest absolute Gasteiger partial charge is 0.127 e. The average Bonchev–Trinajstić information content (AvgIpc) is 2.12. The Labute approximate surface area is 80.2 Å². The van der Waals surface area contributed by atoms with Crippen LogP contribution < -0.4 is 4.74 Å².